The number of urea groups is 1. The van der Waals surface area contributed by atoms with Crippen molar-refractivity contribution in [2.24, 2.45) is 0 Å². The van der Waals surface area contributed by atoms with Crippen LogP contribution in [0.25, 0.3) is 11.4 Å². The fourth-order valence-electron chi connectivity index (χ4n) is 3.59. The lowest BCUT2D eigenvalue weighted by atomic mass is 10.1. The van der Waals surface area contributed by atoms with Crippen molar-refractivity contribution in [1.29, 1.82) is 0 Å². The molecule has 34 heavy (non-hydrogen) atoms. The van der Waals surface area contributed by atoms with E-state index in [0.717, 1.165) is 11.3 Å². The number of sulfone groups is 1. The summed E-state index contributed by atoms with van der Waals surface area (Å²) in [5.74, 6) is 0.370. The molecule has 0 saturated heterocycles. The molecule has 2 aromatic heterocycles. The summed E-state index contributed by atoms with van der Waals surface area (Å²) < 4.78 is 50.5. The van der Waals surface area contributed by atoms with E-state index in [4.69, 9.17) is 5.73 Å². The van der Waals surface area contributed by atoms with Crippen molar-refractivity contribution >= 4 is 38.7 Å². The number of anilines is 2. The van der Waals surface area contributed by atoms with Gasteiger partial charge >= 0.3 is 6.03 Å². The van der Waals surface area contributed by atoms with Gasteiger partial charge in [0.25, 0.3) is 6.43 Å². The van der Waals surface area contributed by atoms with Gasteiger partial charge in [-0.1, -0.05) is 0 Å². The predicted octanol–water partition coefficient (Wildman–Crippen LogP) is 3.65. The molecule has 0 atom stereocenters. The van der Waals surface area contributed by atoms with Crippen molar-refractivity contribution in [3.05, 3.63) is 46.7 Å². The first-order chi connectivity index (χ1) is 16.0. The van der Waals surface area contributed by atoms with Gasteiger partial charge in [0.1, 0.15) is 14.8 Å². The number of nitrogens with two attached hydrogens (primary N) is 1. The molecule has 2 amide bonds. The van der Waals surface area contributed by atoms with E-state index in [1.807, 2.05) is 5.32 Å². The molecule has 1 saturated carbocycles. The largest absolute Gasteiger partial charge is 0.384 e. The maximum Gasteiger partial charge on any atom is 0.319 e. The number of hydrogen-bond acceptors (Lipinski definition) is 8. The third-order valence-corrected chi connectivity index (χ3v) is 9.56. The van der Waals surface area contributed by atoms with E-state index < -0.39 is 33.6 Å². The fraction of sp³-hybridized carbons (Fsp3) is 0.333. The molecule has 13 heteroatoms. The van der Waals surface area contributed by atoms with Crippen LogP contribution in [0, 0.1) is 13.8 Å². The van der Waals surface area contributed by atoms with Crippen molar-refractivity contribution in [2.45, 2.75) is 42.1 Å². The highest BCUT2D eigenvalue weighted by molar-refractivity contribution is 7.94. The number of benzene rings is 1. The first kappa shape index (κ1) is 24.0. The Morgan fingerprint density at radius 3 is 2.41 bits per heavy atom. The van der Waals surface area contributed by atoms with E-state index in [0.29, 0.717) is 40.5 Å². The zero-order valence-electron chi connectivity index (χ0n) is 18.3. The number of halogens is 2. The molecule has 4 N–H and O–H groups in total. The second kappa shape index (κ2) is 8.87. The topological polar surface area (TPSA) is 140 Å². The highest BCUT2D eigenvalue weighted by Gasteiger charge is 2.59. The first-order valence-corrected chi connectivity index (χ1v) is 12.6. The van der Waals surface area contributed by atoms with Gasteiger partial charge in [-0.25, -0.2) is 36.9 Å². The normalized spacial score (nSPS) is 14.7. The third kappa shape index (κ3) is 4.57. The number of carbonyl (C=O) groups is 1. The van der Waals surface area contributed by atoms with Crippen LogP contribution in [0.15, 0.2) is 34.5 Å². The summed E-state index contributed by atoms with van der Waals surface area (Å²) in [7, 11) is -3.74. The molecule has 9 nitrogen and oxygen atoms in total. The van der Waals surface area contributed by atoms with Crippen LogP contribution in [0.5, 0.6) is 0 Å². The molecule has 3 aromatic rings. The first-order valence-electron chi connectivity index (χ1n) is 10.3. The molecule has 4 rings (SSSR count). The zero-order chi connectivity index (χ0) is 24.7. The van der Waals surface area contributed by atoms with Crippen molar-refractivity contribution in [2.75, 3.05) is 17.6 Å². The van der Waals surface area contributed by atoms with Gasteiger partial charge in [-0.05, 0) is 51.0 Å². The molecular formula is C21H22F2N6O3S2. The average Bonchev–Trinajstić information content (AvgIpc) is 3.52. The van der Waals surface area contributed by atoms with Gasteiger partial charge in [0, 0.05) is 17.3 Å². The molecule has 0 spiro atoms. The Hall–Kier alpha value is -3.19. The van der Waals surface area contributed by atoms with Crippen LogP contribution < -0.4 is 16.4 Å². The molecule has 0 bridgehead atoms. The van der Waals surface area contributed by atoms with Gasteiger partial charge in [-0.3, -0.25) is 0 Å². The van der Waals surface area contributed by atoms with Gasteiger partial charge in [0.15, 0.2) is 5.82 Å². The minimum absolute atomic E-state index is 0.132. The van der Waals surface area contributed by atoms with Crippen LogP contribution in [0.2, 0.25) is 0 Å². The van der Waals surface area contributed by atoms with Crippen LogP contribution >= 0.6 is 11.3 Å². The second-order valence-corrected chi connectivity index (χ2v) is 11.6. The van der Waals surface area contributed by atoms with E-state index in [1.54, 1.807) is 38.1 Å². The van der Waals surface area contributed by atoms with Crippen molar-refractivity contribution in [3.8, 4) is 11.4 Å². The molecule has 180 valence electrons. The summed E-state index contributed by atoms with van der Waals surface area (Å²) >= 11 is 1.14. The van der Waals surface area contributed by atoms with Crippen LogP contribution in [-0.2, 0) is 14.6 Å². The Labute approximate surface area is 198 Å². The molecule has 1 aliphatic carbocycles. The van der Waals surface area contributed by atoms with E-state index in [-0.39, 0.29) is 15.9 Å². The van der Waals surface area contributed by atoms with E-state index >= 15 is 0 Å². The molecule has 0 radical (unpaired) electrons. The molecule has 2 heterocycles. The molecule has 1 aliphatic rings. The summed E-state index contributed by atoms with van der Waals surface area (Å²) in [5.41, 5.74) is 7.72. The Balaban J connectivity index is 1.61. The minimum atomic E-state index is -3.74. The van der Waals surface area contributed by atoms with Gasteiger partial charge in [-0.15, -0.1) is 11.3 Å². The number of alkyl halides is 2. The number of nitrogens with one attached hydrogen (secondary N) is 2. The monoisotopic (exact) mass is 508 g/mol. The number of thiazole rings is 1. The summed E-state index contributed by atoms with van der Waals surface area (Å²) in [6.45, 7) is 2.68. The lowest BCUT2D eigenvalue weighted by Gasteiger charge is -2.16. The predicted molar refractivity (Wildman–Crippen MR) is 125 cm³/mol. The Kier molecular flexibility index (Phi) is 6.25. The molecule has 0 unspecified atom stereocenters. The lowest BCUT2D eigenvalue weighted by molar-refractivity contribution is 0.148. The van der Waals surface area contributed by atoms with Crippen LogP contribution in [0.1, 0.15) is 29.2 Å². The Morgan fingerprint density at radius 1 is 1.18 bits per heavy atom. The summed E-state index contributed by atoms with van der Waals surface area (Å²) in [6.07, 6.45) is -1.82. The van der Waals surface area contributed by atoms with Crippen molar-refractivity contribution in [1.82, 2.24) is 20.3 Å². The number of carbonyl (C=O) groups excluding carboxylic acids is 1. The summed E-state index contributed by atoms with van der Waals surface area (Å²) in [6, 6.07) is 7.07. The highest BCUT2D eigenvalue weighted by atomic mass is 32.2. The Morgan fingerprint density at radius 2 is 1.85 bits per heavy atom. The zero-order valence-corrected chi connectivity index (χ0v) is 19.9. The number of aromatic nitrogens is 3. The number of hydrogen-bond donors (Lipinski definition) is 3. The number of nitrogens with zero attached hydrogens (tertiary/aromatic N) is 3. The number of rotatable bonds is 7. The maximum absolute atomic E-state index is 13.5. The van der Waals surface area contributed by atoms with Crippen LogP contribution in [0.4, 0.5) is 25.1 Å². The summed E-state index contributed by atoms with van der Waals surface area (Å²) in [4.78, 5) is 24.7. The van der Waals surface area contributed by atoms with Crippen LogP contribution in [-0.4, -0.2) is 42.4 Å². The molecule has 0 aliphatic heterocycles. The van der Waals surface area contributed by atoms with Gasteiger partial charge in [0.2, 0.25) is 9.84 Å². The average molecular weight is 509 g/mol. The van der Waals surface area contributed by atoms with Crippen molar-refractivity contribution in [3.63, 3.8) is 0 Å². The molecular weight excluding hydrogens is 486 g/mol. The fourth-order valence-corrected chi connectivity index (χ4v) is 7.32. The third-order valence-electron chi connectivity index (χ3n) is 5.35. The van der Waals surface area contributed by atoms with Gasteiger partial charge in [0.05, 0.1) is 22.9 Å². The van der Waals surface area contributed by atoms with E-state index in [1.165, 1.54) is 6.07 Å². The number of aryl methyl sites for hydroxylation is 2. The summed E-state index contributed by atoms with van der Waals surface area (Å²) in [5, 5.41) is 5.16. The lowest BCUT2D eigenvalue weighted by Crippen LogP contribution is -2.32. The SMILES string of the molecule is Cc1nc(C)c(S(=O)(=O)C2(c3cc(N)nc(-c4ccc(NC(=O)NCC(F)F)cc4)n3)CC2)s1. The maximum atomic E-state index is 13.5. The molecule has 1 aromatic carbocycles. The smallest absolute Gasteiger partial charge is 0.319 e. The Bertz CT molecular complexity index is 1340. The van der Waals surface area contributed by atoms with Crippen LogP contribution in [0.3, 0.4) is 0 Å². The molecule has 1 fully saturated rings. The quantitative estimate of drug-likeness (QED) is 0.442. The van der Waals surface area contributed by atoms with Gasteiger partial charge in [-0.2, -0.15) is 0 Å². The van der Waals surface area contributed by atoms with E-state index in [9.17, 15) is 22.0 Å². The second-order valence-electron chi connectivity index (χ2n) is 7.91. The number of amides is 2. The van der Waals surface area contributed by atoms with Gasteiger partial charge < -0.3 is 16.4 Å². The highest BCUT2D eigenvalue weighted by Crippen LogP contribution is 2.56. The standard InChI is InChI=1S/C21H22F2N6O3S2/c1-11-19(33-12(2)26-11)34(31,32)21(7-8-21)15-9-17(24)29-18(28-15)13-3-5-14(6-4-13)27-20(30)25-10-16(22)23/h3-6,9,16H,7-8,10H2,1-2H3,(H2,24,28,29)(H2,25,27,30). The minimum Gasteiger partial charge on any atom is -0.384 e. The number of nitrogen functional groups attached to an aromatic ring is 1. The van der Waals surface area contributed by atoms with E-state index in [2.05, 4.69) is 20.3 Å². The van der Waals surface area contributed by atoms with Crippen molar-refractivity contribution < 1.29 is 22.0 Å².